The van der Waals surface area contributed by atoms with Gasteiger partial charge in [0.15, 0.2) is 0 Å². The number of fused-ring (bicyclic) bond motifs is 3. The standard InChI is InChI=1S/C36H38N4/c1-23(2)37-21-39(31-19-11-9-17-29(31)37)35-33-25-13-5-7-15-27(25)34(28-16-8-6-14-26(28)33)36(35)40-22-38(24(3)4)30-18-10-12-20-32(30)40/h5-20,23-24,33-36H,21-22H2,1-4H3. The van der Waals surface area contributed by atoms with Gasteiger partial charge in [-0.05, 0) is 74.2 Å². The normalized spacial score (nSPS) is 24.1. The van der Waals surface area contributed by atoms with Crippen LogP contribution in [-0.4, -0.2) is 37.5 Å². The molecule has 2 unspecified atom stereocenters. The van der Waals surface area contributed by atoms with E-state index in [1.807, 2.05) is 0 Å². The minimum Gasteiger partial charge on any atom is -0.350 e. The third kappa shape index (κ3) is 3.19. The predicted octanol–water partition coefficient (Wildman–Crippen LogP) is 7.40. The van der Waals surface area contributed by atoms with E-state index in [4.69, 9.17) is 0 Å². The smallest absolute Gasteiger partial charge is 0.0911 e. The summed E-state index contributed by atoms with van der Waals surface area (Å²) in [5, 5.41) is 0. The molecule has 202 valence electrons. The lowest BCUT2D eigenvalue weighted by atomic mass is 9.58. The zero-order valence-corrected chi connectivity index (χ0v) is 23.9. The first-order valence-electron chi connectivity index (χ1n) is 15.0. The molecule has 3 aliphatic carbocycles. The van der Waals surface area contributed by atoms with Crippen molar-refractivity contribution in [1.82, 2.24) is 0 Å². The molecule has 5 aliphatic rings. The Hall–Kier alpha value is -3.92. The fourth-order valence-corrected chi connectivity index (χ4v) is 8.27. The number of rotatable bonds is 4. The summed E-state index contributed by atoms with van der Waals surface area (Å²) in [5.41, 5.74) is 11.5. The van der Waals surface area contributed by atoms with Crippen LogP contribution in [0.1, 0.15) is 61.8 Å². The molecule has 4 aromatic carbocycles. The summed E-state index contributed by atoms with van der Waals surface area (Å²) in [6, 6.07) is 38.3. The molecule has 0 spiro atoms. The van der Waals surface area contributed by atoms with Crippen LogP contribution in [0.25, 0.3) is 0 Å². The summed E-state index contributed by atoms with van der Waals surface area (Å²) in [6.45, 7) is 11.2. The highest BCUT2D eigenvalue weighted by Crippen LogP contribution is 2.59. The molecule has 0 radical (unpaired) electrons. The predicted molar refractivity (Wildman–Crippen MR) is 167 cm³/mol. The van der Waals surface area contributed by atoms with Gasteiger partial charge in [0.1, 0.15) is 0 Å². The Morgan fingerprint density at radius 3 is 1.07 bits per heavy atom. The summed E-state index contributed by atoms with van der Waals surface area (Å²) in [7, 11) is 0. The molecule has 2 bridgehead atoms. The second-order valence-electron chi connectivity index (χ2n) is 12.5. The van der Waals surface area contributed by atoms with Gasteiger partial charge in [-0.3, -0.25) is 0 Å². The SMILES string of the molecule is CC(C)N1CN(C2C3c4ccccc4C(c4ccccc43)C2N2CN(C(C)C)c3ccccc32)c2ccccc21. The van der Waals surface area contributed by atoms with E-state index in [-0.39, 0.29) is 0 Å². The van der Waals surface area contributed by atoms with Crippen LogP contribution in [0, 0.1) is 0 Å². The molecule has 2 atom stereocenters. The van der Waals surface area contributed by atoms with E-state index in [0.29, 0.717) is 36.0 Å². The van der Waals surface area contributed by atoms with E-state index in [1.165, 1.54) is 45.0 Å². The summed E-state index contributed by atoms with van der Waals surface area (Å²) in [5.74, 6) is 0.616. The Kier molecular flexibility index (Phi) is 5.26. The highest BCUT2D eigenvalue weighted by atomic mass is 15.4. The maximum atomic E-state index is 2.77. The van der Waals surface area contributed by atoms with Crippen LogP contribution in [0.5, 0.6) is 0 Å². The first-order chi connectivity index (χ1) is 19.5. The molecule has 9 rings (SSSR count). The van der Waals surface area contributed by atoms with Gasteiger partial charge in [0.05, 0.1) is 48.2 Å². The molecule has 0 fully saturated rings. The van der Waals surface area contributed by atoms with Crippen molar-refractivity contribution in [1.29, 1.82) is 0 Å². The number of anilines is 4. The van der Waals surface area contributed by atoms with Crippen LogP contribution < -0.4 is 19.6 Å². The van der Waals surface area contributed by atoms with Crippen molar-refractivity contribution in [2.45, 2.75) is 63.7 Å². The molecule has 2 heterocycles. The minimum absolute atomic E-state index is 0.305. The van der Waals surface area contributed by atoms with Crippen LogP contribution in [0.15, 0.2) is 97.1 Å². The monoisotopic (exact) mass is 526 g/mol. The molecule has 40 heavy (non-hydrogen) atoms. The van der Waals surface area contributed by atoms with E-state index < -0.39 is 0 Å². The maximum Gasteiger partial charge on any atom is 0.0911 e. The van der Waals surface area contributed by atoms with Crippen LogP contribution in [-0.2, 0) is 0 Å². The average molecular weight is 527 g/mol. The Morgan fingerprint density at radius 2 is 0.750 bits per heavy atom. The van der Waals surface area contributed by atoms with Crippen molar-refractivity contribution in [2.75, 3.05) is 32.9 Å². The van der Waals surface area contributed by atoms with Gasteiger partial charge in [-0.2, -0.15) is 0 Å². The lowest BCUT2D eigenvalue weighted by molar-refractivity contribution is 0.346. The highest BCUT2D eigenvalue weighted by molar-refractivity contribution is 5.81. The Bertz CT molecular complexity index is 1430. The number of hydrogen-bond acceptors (Lipinski definition) is 4. The fourth-order valence-electron chi connectivity index (χ4n) is 8.27. The van der Waals surface area contributed by atoms with Crippen LogP contribution >= 0.6 is 0 Å². The van der Waals surface area contributed by atoms with Gasteiger partial charge in [-0.1, -0.05) is 72.8 Å². The quantitative estimate of drug-likeness (QED) is 0.275. The number of hydrogen-bond donors (Lipinski definition) is 0. The van der Waals surface area contributed by atoms with Crippen LogP contribution in [0.3, 0.4) is 0 Å². The molecule has 0 N–H and O–H groups in total. The third-order valence-electron chi connectivity index (χ3n) is 9.94. The largest absolute Gasteiger partial charge is 0.350 e. The van der Waals surface area contributed by atoms with Crippen molar-refractivity contribution in [3.63, 3.8) is 0 Å². The average Bonchev–Trinajstić information content (AvgIpc) is 3.56. The van der Waals surface area contributed by atoms with E-state index in [0.717, 1.165) is 13.3 Å². The van der Waals surface area contributed by atoms with Crippen molar-refractivity contribution in [2.24, 2.45) is 0 Å². The molecule has 0 amide bonds. The second-order valence-corrected chi connectivity index (χ2v) is 12.5. The van der Waals surface area contributed by atoms with Gasteiger partial charge in [0.2, 0.25) is 0 Å². The second kappa shape index (κ2) is 8.79. The van der Waals surface area contributed by atoms with E-state index in [2.05, 4.69) is 144 Å². The zero-order chi connectivity index (χ0) is 27.1. The van der Waals surface area contributed by atoms with Gasteiger partial charge in [0, 0.05) is 23.9 Å². The lowest BCUT2D eigenvalue weighted by Gasteiger charge is -2.56. The Balaban J connectivity index is 1.37. The fraction of sp³-hybridized carbons (Fsp3) is 0.333. The van der Waals surface area contributed by atoms with Crippen molar-refractivity contribution in [3.05, 3.63) is 119 Å². The molecule has 0 saturated carbocycles. The topological polar surface area (TPSA) is 13.0 Å². The summed E-state index contributed by atoms with van der Waals surface area (Å²) < 4.78 is 0. The summed E-state index contributed by atoms with van der Waals surface area (Å²) in [4.78, 5) is 10.7. The highest BCUT2D eigenvalue weighted by Gasteiger charge is 2.56. The first-order valence-corrected chi connectivity index (χ1v) is 15.0. The van der Waals surface area contributed by atoms with Crippen LogP contribution in [0.4, 0.5) is 22.7 Å². The molecule has 4 aromatic rings. The summed E-state index contributed by atoms with van der Waals surface area (Å²) in [6.07, 6.45) is 0. The summed E-state index contributed by atoms with van der Waals surface area (Å²) >= 11 is 0. The van der Waals surface area contributed by atoms with E-state index >= 15 is 0 Å². The van der Waals surface area contributed by atoms with Gasteiger partial charge in [-0.15, -0.1) is 0 Å². The van der Waals surface area contributed by atoms with Gasteiger partial charge in [-0.25, -0.2) is 0 Å². The molecular weight excluding hydrogens is 488 g/mol. The molecule has 4 nitrogen and oxygen atoms in total. The van der Waals surface area contributed by atoms with Crippen molar-refractivity contribution < 1.29 is 0 Å². The third-order valence-corrected chi connectivity index (χ3v) is 9.94. The Morgan fingerprint density at radius 1 is 0.450 bits per heavy atom. The van der Waals surface area contributed by atoms with Gasteiger partial charge < -0.3 is 19.6 Å². The van der Waals surface area contributed by atoms with Crippen molar-refractivity contribution >= 4 is 22.7 Å². The van der Waals surface area contributed by atoms with E-state index in [1.54, 1.807) is 0 Å². The molecular formula is C36H38N4. The lowest BCUT2D eigenvalue weighted by Crippen LogP contribution is -2.63. The minimum atomic E-state index is 0.305. The first kappa shape index (κ1) is 23.9. The molecule has 4 heteroatoms. The number of nitrogens with zero attached hydrogens (tertiary/aromatic N) is 4. The van der Waals surface area contributed by atoms with Gasteiger partial charge in [0.25, 0.3) is 0 Å². The maximum absolute atomic E-state index is 2.77. The number of benzene rings is 4. The zero-order valence-electron chi connectivity index (χ0n) is 23.9. The molecule has 0 aromatic heterocycles. The Labute approximate surface area is 238 Å². The van der Waals surface area contributed by atoms with E-state index in [9.17, 15) is 0 Å². The molecule has 0 saturated heterocycles. The number of para-hydroxylation sites is 4. The molecule has 2 aliphatic heterocycles. The van der Waals surface area contributed by atoms with Gasteiger partial charge >= 0.3 is 0 Å². The van der Waals surface area contributed by atoms with Crippen molar-refractivity contribution in [3.8, 4) is 0 Å². The van der Waals surface area contributed by atoms with Crippen LogP contribution in [0.2, 0.25) is 0 Å².